The Morgan fingerprint density at radius 1 is 1.02 bits per heavy atom. The molecule has 1 heterocycles. The number of hydrogen-bond acceptors (Lipinski definition) is 6. The van der Waals surface area contributed by atoms with Crippen molar-refractivity contribution in [2.75, 3.05) is 14.2 Å². The molecule has 0 saturated carbocycles. The lowest BCUT2D eigenvalue weighted by Gasteiger charge is -2.35. The van der Waals surface area contributed by atoms with Gasteiger partial charge in [-0.25, -0.2) is 9.07 Å². The summed E-state index contributed by atoms with van der Waals surface area (Å²) in [6.45, 7) is 5.65. The number of carbonyl (C=O) groups is 2. The van der Waals surface area contributed by atoms with Gasteiger partial charge in [-0.3, -0.25) is 9.59 Å². The van der Waals surface area contributed by atoms with Crippen molar-refractivity contribution >= 4 is 22.8 Å². The molecule has 0 saturated heterocycles. The maximum Gasteiger partial charge on any atom is 0.248 e. The Hall–Kier alpha value is -4.47. The molecule has 1 aromatic heterocycles. The molecule has 9 nitrogen and oxygen atoms in total. The Labute approximate surface area is 232 Å². The normalized spacial score (nSPS) is 12.2. The van der Waals surface area contributed by atoms with E-state index in [1.165, 1.54) is 35.9 Å². The van der Waals surface area contributed by atoms with Crippen molar-refractivity contribution in [2.24, 2.45) is 0 Å². The summed E-state index contributed by atoms with van der Waals surface area (Å²) in [6, 6.07) is 17.2. The molecule has 4 aromatic rings. The van der Waals surface area contributed by atoms with Crippen molar-refractivity contribution in [1.82, 2.24) is 25.2 Å². The van der Waals surface area contributed by atoms with Crippen LogP contribution < -0.4 is 14.8 Å². The van der Waals surface area contributed by atoms with Crippen LogP contribution in [0.4, 0.5) is 4.39 Å². The average molecular weight is 548 g/mol. The van der Waals surface area contributed by atoms with Crippen molar-refractivity contribution in [1.29, 1.82) is 0 Å². The first-order chi connectivity index (χ1) is 19.2. The number of carbonyl (C=O) groups excluding carboxylic acids is 2. The Kier molecular flexibility index (Phi) is 8.67. The van der Waals surface area contributed by atoms with Gasteiger partial charge in [0.05, 0.1) is 19.7 Å². The standard InChI is InChI=1S/C30H34FN5O4/c1-6-30(2,3)32-29(38)27(22-10-9-13-25(39-4)28(22)40-5)35(18-20-14-16-21(31)17-15-20)26(37)19-36-24-12-8-7-11-23(24)33-34-36/h7-17,27H,6,18-19H2,1-5H3,(H,32,38)/t27-/m0/s1. The number of benzene rings is 3. The van der Waals surface area contributed by atoms with Gasteiger partial charge in [0.15, 0.2) is 11.5 Å². The Bertz CT molecular complexity index is 1490. The molecule has 0 aliphatic rings. The summed E-state index contributed by atoms with van der Waals surface area (Å²) in [5.74, 6) is -0.424. The van der Waals surface area contributed by atoms with Gasteiger partial charge in [0.2, 0.25) is 11.8 Å². The quantitative estimate of drug-likeness (QED) is 0.293. The largest absolute Gasteiger partial charge is 0.493 e. The van der Waals surface area contributed by atoms with Gasteiger partial charge in [-0.15, -0.1) is 5.10 Å². The number of halogens is 1. The van der Waals surface area contributed by atoms with Gasteiger partial charge >= 0.3 is 0 Å². The fourth-order valence-corrected chi connectivity index (χ4v) is 4.43. The number of nitrogens with zero attached hydrogens (tertiary/aromatic N) is 4. The molecule has 10 heteroatoms. The molecule has 4 rings (SSSR count). The van der Waals surface area contributed by atoms with Gasteiger partial charge in [-0.05, 0) is 56.2 Å². The molecule has 0 bridgehead atoms. The third kappa shape index (κ3) is 6.22. The van der Waals surface area contributed by atoms with Crippen LogP contribution in [0, 0.1) is 5.82 Å². The minimum atomic E-state index is -1.11. The van der Waals surface area contributed by atoms with Crippen LogP contribution in [-0.2, 0) is 22.7 Å². The minimum absolute atomic E-state index is 0.0246. The fraction of sp³-hybridized carbons (Fsp3) is 0.333. The van der Waals surface area contributed by atoms with Crippen LogP contribution >= 0.6 is 0 Å². The molecular formula is C30H34FN5O4. The molecule has 2 amide bonds. The molecule has 1 N–H and O–H groups in total. The third-order valence-electron chi connectivity index (χ3n) is 6.93. The third-order valence-corrected chi connectivity index (χ3v) is 6.93. The second-order valence-electron chi connectivity index (χ2n) is 10.1. The molecule has 40 heavy (non-hydrogen) atoms. The van der Waals surface area contributed by atoms with E-state index in [4.69, 9.17) is 9.47 Å². The molecule has 0 fully saturated rings. The molecule has 0 unspecified atom stereocenters. The van der Waals surface area contributed by atoms with E-state index in [2.05, 4.69) is 15.6 Å². The monoisotopic (exact) mass is 547 g/mol. The molecule has 3 aromatic carbocycles. The van der Waals surface area contributed by atoms with Gasteiger partial charge in [-0.1, -0.05) is 48.5 Å². The number of aromatic nitrogens is 3. The van der Waals surface area contributed by atoms with Crippen LogP contribution in [0.3, 0.4) is 0 Å². The highest BCUT2D eigenvalue weighted by molar-refractivity contribution is 5.90. The average Bonchev–Trinajstić information content (AvgIpc) is 3.35. The predicted octanol–water partition coefficient (Wildman–Crippen LogP) is 4.66. The van der Waals surface area contributed by atoms with E-state index >= 15 is 0 Å². The zero-order valence-corrected chi connectivity index (χ0v) is 23.3. The van der Waals surface area contributed by atoms with Crippen molar-refractivity contribution in [3.8, 4) is 11.5 Å². The van der Waals surface area contributed by atoms with Gasteiger partial charge in [-0.2, -0.15) is 0 Å². The van der Waals surface area contributed by atoms with Gasteiger partial charge in [0, 0.05) is 17.6 Å². The Balaban J connectivity index is 1.85. The number of nitrogens with one attached hydrogen (secondary N) is 1. The molecular weight excluding hydrogens is 513 g/mol. The summed E-state index contributed by atoms with van der Waals surface area (Å²) >= 11 is 0. The summed E-state index contributed by atoms with van der Waals surface area (Å²) in [4.78, 5) is 29.7. The number of fused-ring (bicyclic) bond motifs is 1. The Morgan fingerprint density at radius 2 is 1.75 bits per heavy atom. The number of methoxy groups -OCH3 is 2. The fourth-order valence-electron chi connectivity index (χ4n) is 4.43. The van der Waals surface area contributed by atoms with Crippen LogP contribution in [0.5, 0.6) is 11.5 Å². The lowest BCUT2D eigenvalue weighted by molar-refractivity contribution is -0.143. The summed E-state index contributed by atoms with van der Waals surface area (Å²) < 4.78 is 26.5. The summed E-state index contributed by atoms with van der Waals surface area (Å²) in [5, 5.41) is 11.4. The summed E-state index contributed by atoms with van der Waals surface area (Å²) in [5.41, 5.74) is 1.88. The zero-order chi connectivity index (χ0) is 28.9. The molecule has 1 atom stereocenters. The minimum Gasteiger partial charge on any atom is -0.493 e. The molecule has 0 aliphatic carbocycles. The van der Waals surface area contributed by atoms with Crippen LogP contribution in [0.15, 0.2) is 66.7 Å². The first-order valence-corrected chi connectivity index (χ1v) is 13.0. The van der Waals surface area contributed by atoms with Crippen molar-refractivity contribution < 1.29 is 23.5 Å². The second-order valence-corrected chi connectivity index (χ2v) is 10.1. The number of hydrogen-bond donors (Lipinski definition) is 1. The van der Waals surface area contributed by atoms with Crippen molar-refractivity contribution in [3.05, 3.63) is 83.7 Å². The van der Waals surface area contributed by atoms with Crippen molar-refractivity contribution in [3.63, 3.8) is 0 Å². The second kappa shape index (κ2) is 12.1. The first-order valence-electron chi connectivity index (χ1n) is 13.0. The molecule has 0 aliphatic heterocycles. The highest BCUT2D eigenvalue weighted by Gasteiger charge is 2.37. The van der Waals surface area contributed by atoms with Gasteiger partial charge < -0.3 is 19.7 Å². The van der Waals surface area contributed by atoms with E-state index in [9.17, 15) is 14.0 Å². The molecule has 0 radical (unpaired) electrons. The van der Waals surface area contributed by atoms with Crippen LogP contribution in [-0.4, -0.2) is 51.5 Å². The predicted molar refractivity (Wildman–Crippen MR) is 149 cm³/mol. The van der Waals surface area contributed by atoms with Crippen molar-refractivity contribution in [2.45, 2.75) is 51.9 Å². The highest BCUT2D eigenvalue weighted by atomic mass is 19.1. The first kappa shape index (κ1) is 28.5. The van der Waals surface area contributed by atoms with E-state index in [1.807, 2.05) is 45.0 Å². The number of para-hydroxylation sites is 2. The Morgan fingerprint density at radius 3 is 2.42 bits per heavy atom. The van der Waals surface area contributed by atoms with E-state index in [0.717, 1.165) is 0 Å². The maximum absolute atomic E-state index is 14.1. The van der Waals surface area contributed by atoms with E-state index in [1.54, 1.807) is 30.3 Å². The van der Waals surface area contributed by atoms with Crippen LogP contribution in [0.2, 0.25) is 0 Å². The summed E-state index contributed by atoms with van der Waals surface area (Å²) in [7, 11) is 2.99. The summed E-state index contributed by atoms with van der Waals surface area (Å²) in [6.07, 6.45) is 0.664. The number of rotatable bonds is 11. The molecule has 0 spiro atoms. The SMILES string of the molecule is CCC(C)(C)NC(=O)[C@H](c1cccc(OC)c1OC)N(Cc1ccc(F)cc1)C(=O)Cn1nnc2ccccc21. The number of ether oxygens (including phenoxy) is 2. The zero-order valence-electron chi connectivity index (χ0n) is 23.3. The topological polar surface area (TPSA) is 98.6 Å². The van der Waals surface area contributed by atoms with Gasteiger partial charge in [0.25, 0.3) is 0 Å². The van der Waals surface area contributed by atoms with E-state index < -0.39 is 23.3 Å². The lowest BCUT2D eigenvalue weighted by atomic mass is 9.97. The maximum atomic E-state index is 14.1. The molecule has 210 valence electrons. The van der Waals surface area contributed by atoms with Crippen LogP contribution in [0.25, 0.3) is 11.0 Å². The van der Waals surface area contributed by atoms with Crippen LogP contribution in [0.1, 0.15) is 44.4 Å². The smallest absolute Gasteiger partial charge is 0.248 e. The number of amides is 2. The van der Waals surface area contributed by atoms with E-state index in [0.29, 0.717) is 40.1 Å². The highest BCUT2D eigenvalue weighted by Crippen LogP contribution is 2.38. The van der Waals surface area contributed by atoms with Gasteiger partial charge in [0.1, 0.15) is 23.9 Å². The lowest BCUT2D eigenvalue weighted by Crippen LogP contribution is -2.50. The van der Waals surface area contributed by atoms with E-state index in [-0.39, 0.29) is 19.0 Å².